The third kappa shape index (κ3) is 2.65. The highest BCUT2D eigenvalue weighted by atomic mass is 79.9. The van der Waals surface area contributed by atoms with Gasteiger partial charge in [0.1, 0.15) is 6.07 Å². The second-order valence-corrected chi connectivity index (χ2v) is 5.18. The molecule has 1 fully saturated rings. The first-order valence-corrected chi connectivity index (χ1v) is 6.63. The molecule has 3 nitrogen and oxygen atoms in total. The minimum Gasteiger partial charge on any atom is -0.376 e. The van der Waals surface area contributed by atoms with Crippen LogP contribution in [0, 0.1) is 17.1 Å². The van der Waals surface area contributed by atoms with Gasteiger partial charge >= 0.3 is 0 Å². The van der Waals surface area contributed by atoms with Gasteiger partial charge in [-0.1, -0.05) is 0 Å². The average Bonchev–Trinajstić information content (AvgIpc) is 2.85. The molecule has 0 aliphatic carbocycles. The SMILES string of the molecule is CN(CC1CCCO1)c1ccc(C#N)c(Br)c1F. The highest BCUT2D eigenvalue weighted by Crippen LogP contribution is 2.29. The van der Waals surface area contributed by atoms with Crippen molar-refractivity contribution in [3.8, 4) is 6.07 Å². The molecule has 0 aromatic heterocycles. The lowest BCUT2D eigenvalue weighted by atomic mass is 10.2. The summed E-state index contributed by atoms with van der Waals surface area (Å²) in [7, 11) is 1.83. The van der Waals surface area contributed by atoms with Gasteiger partial charge in [0.25, 0.3) is 0 Å². The van der Waals surface area contributed by atoms with E-state index < -0.39 is 5.82 Å². The van der Waals surface area contributed by atoms with Crippen LogP contribution in [0.3, 0.4) is 0 Å². The number of likely N-dealkylation sites (N-methyl/N-ethyl adjacent to an activating group) is 1. The first kappa shape index (κ1) is 13.3. The normalized spacial score (nSPS) is 18.7. The molecule has 0 amide bonds. The number of nitriles is 1. The first-order valence-electron chi connectivity index (χ1n) is 5.84. The van der Waals surface area contributed by atoms with E-state index >= 15 is 0 Å². The molecule has 0 spiro atoms. The van der Waals surface area contributed by atoms with E-state index in [9.17, 15) is 4.39 Å². The van der Waals surface area contributed by atoms with Crippen LogP contribution in [0.15, 0.2) is 16.6 Å². The van der Waals surface area contributed by atoms with E-state index in [0.717, 1.165) is 19.4 Å². The maximum atomic E-state index is 14.1. The minimum atomic E-state index is -0.394. The lowest BCUT2D eigenvalue weighted by Crippen LogP contribution is -2.29. The Hall–Kier alpha value is -1.12. The summed E-state index contributed by atoms with van der Waals surface area (Å²) in [6.45, 7) is 1.45. The predicted octanol–water partition coefficient (Wildman–Crippen LogP) is 3.08. The molecule has 1 aromatic carbocycles. The Labute approximate surface area is 114 Å². The van der Waals surface area contributed by atoms with Crippen molar-refractivity contribution in [1.29, 1.82) is 5.26 Å². The molecule has 0 bridgehead atoms. The smallest absolute Gasteiger partial charge is 0.161 e. The number of rotatable bonds is 3. The van der Waals surface area contributed by atoms with Crippen LogP contribution in [0.2, 0.25) is 0 Å². The molecule has 5 heteroatoms. The van der Waals surface area contributed by atoms with Crippen LogP contribution in [0.1, 0.15) is 18.4 Å². The maximum absolute atomic E-state index is 14.1. The zero-order valence-electron chi connectivity index (χ0n) is 10.1. The number of hydrogen-bond acceptors (Lipinski definition) is 3. The highest BCUT2D eigenvalue weighted by molar-refractivity contribution is 9.10. The van der Waals surface area contributed by atoms with Gasteiger partial charge in [-0.25, -0.2) is 4.39 Å². The Morgan fingerprint density at radius 3 is 3.00 bits per heavy atom. The van der Waals surface area contributed by atoms with Crippen LogP contribution in [0.4, 0.5) is 10.1 Å². The number of benzene rings is 1. The summed E-state index contributed by atoms with van der Waals surface area (Å²) in [6, 6.07) is 5.20. The van der Waals surface area contributed by atoms with Gasteiger partial charge in [-0.05, 0) is 40.9 Å². The van der Waals surface area contributed by atoms with E-state index in [1.54, 1.807) is 12.1 Å². The summed E-state index contributed by atoms with van der Waals surface area (Å²) in [5.74, 6) is -0.394. The molecule has 0 saturated carbocycles. The number of hydrogen-bond donors (Lipinski definition) is 0. The topological polar surface area (TPSA) is 36.3 Å². The van der Waals surface area contributed by atoms with Gasteiger partial charge in [-0.3, -0.25) is 0 Å². The molecule has 1 aliphatic rings. The van der Waals surface area contributed by atoms with Gasteiger partial charge < -0.3 is 9.64 Å². The fraction of sp³-hybridized carbons (Fsp3) is 0.462. The molecule has 0 radical (unpaired) electrons. The molecule has 1 atom stereocenters. The Kier molecular flexibility index (Phi) is 4.20. The quantitative estimate of drug-likeness (QED) is 0.860. The van der Waals surface area contributed by atoms with Crippen molar-refractivity contribution < 1.29 is 9.13 Å². The lowest BCUT2D eigenvalue weighted by Gasteiger charge is -2.23. The standard InChI is InChI=1S/C13H14BrFN2O/c1-17(8-10-3-2-6-18-10)11-5-4-9(7-16)12(14)13(11)15/h4-5,10H,2-3,6,8H2,1H3. The van der Waals surface area contributed by atoms with Crippen molar-refractivity contribution >= 4 is 21.6 Å². The molecule has 2 rings (SSSR count). The second kappa shape index (κ2) is 5.68. The monoisotopic (exact) mass is 312 g/mol. The van der Waals surface area contributed by atoms with Crippen LogP contribution in [-0.2, 0) is 4.74 Å². The Balaban J connectivity index is 2.17. The Morgan fingerprint density at radius 2 is 2.39 bits per heavy atom. The molecule has 96 valence electrons. The summed E-state index contributed by atoms with van der Waals surface area (Å²) in [5.41, 5.74) is 0.790. The molecule has 0 N–H and O–H groups in total. The van der Waals surface area contributed by atoms with Crippen molar-refractivity contribution in [3.63, 3.8) is 0 Å². The molecule has 1 saturated heterocycles. The van der Waals surface area contributed by atoms with Crippen LogP contribution in [0.5, 0.6) is 0 Å². The number of anilines is 1. The Morgan fingerprint density at radius 1 is 1.61 bits per heavy atom. The summed E-state index contributed by atoms with van der Waals surface area (Å²) >= 11 is 3.12. The predicted molar refractivity (Wildman–Crippen MR) is 71.1 cm³/mol. The number of halogens is 2. The van der Waals surface area contributed by atoms with Crippen LogP contribution < -0.4 is 4.90 Å². The molecule has 1 unspecified atom stereocenters. The van der Waals surface area contributed by atoms with Gasteiger partial charge in [0.05, 0.1) is 21.8 Å². The van der Waals surface area contributed by atoms with Crippen molar-refractivity contribution in [1.82, 2.24) is 0 Å². The fourth-order valence-electron chi connectivity index (χ4n) is 2.11. The molecule has 1 aromatic rings. The molecular formula is C13H14BrFN2O. The second-order valence-electron chi connectivity index (χ2n) is 4.39. The zero-order chi connectivity index (χ0) is 13.1. The number of nitrogens with zero attached hydrogens (tertiary/aromatic N) is 2. The van der Waals surface area contributed by atoms with E-state index in [1.807, 2.05) is 18.0 Å². The first-order chi connectivity index (χ1) is 8.63. The summed E-state index contributed by atoms with van der Waals surface area (Å²) in [4.78, 5) is 1.83. The zero-order valence-corrected chi connectivity index (χ0v) is 11.7. The fourth-order valence-corrected chi connectivity index (χ4v) is 2.54. The average molecular weight is 313 g/mol. The van der Waals surface area contributed by atoms with Gasteiger partial charge in [0.2, 0.25) is 0 Å². The number of ether oxygens (including phenoxy) is 1. The molecule has 18 heavy (non-hydrogen) atoms. The van der Waals surface area contributed by atoms with E-state index in [2.05, 4.69) is 15.9 Å². The van der Waals surface area contributed by atoms with Crippen LogP contribution in [-0.4, -0.2) is 26.3 Å². The van der Waals surface area contributed by atoms with Gasteiger partial charge in [-0.15, -0.1) is 0 Å². The third-order valence-electron chi connectivity index (χ3n) is 3.10. The van der Waals surface area contributed by atoms with Gasteiger partial charge in [0.15, 0.2) is 5.82 Å². The molecular weight excluding hydrogens is 299 g/mol. The largest absolute Gasteiger partial charge is 0.376 e. The van der Waals surface area contributed by atoms with Crippen molar-refractivity contribution in [2.75, 3.05) is 25.1 Å². The van der Waals surface area contributed by atoms with Gasteiger partial charge in [0, 0.05) is 20.2 Å². The minimum absolute atomic E-state index is 0.170. The lowest BCUT2D eigenvalue weighted by molar-refractivity contribution is 0.116. The van der Waals surface area contributed by atoms with Gasteiger partial charge in [-0.2, -0.15) is 5.26 Å². The van der Waals surface area contributed by atoms with Crippen molar-refractivity contribution in [2.24, 2.45) is 0 Å². The van der Waals surface area contributed by atoms with E-state index in [4.69, 9.17) is 10.00 Å². The molecule has 1 aliphatic heterocycles. The summed E-state index contributed by atoms with van der Waals surface area (Å²) in [5, 5.41) is 8.82. The van der Waals surface area contributed by atoms with E-state index in [1.165, 1.54) is 0 Å². The Bertz CT molecular complexity index is 481. The summed E-state index contributed by atoms with van der Waals surface area (Å²) in [6.07, 6.45) is 2.25. The van der Waals surface area contributed by atoms with E-state index in [0.29, 0.717) is 17.8 Å². The highest BCUT2D eigenvalue weighted by Gasteiger charge is 2.20. The third-order valence-corrected chi connectivity index (χ3v) is 3.87. The van der Waals surface area contributed by atoms with Crippen LogP contribution in [0.25, 0.3) is 0 Å². The maximum Gasteiger partial charge on any atom is 0.161 e. The molecule has 1 heterocycles. The van der Waals surface area contributed by atoms with Crippen LogP contribution >= 0.6 is 15.9 Å². The summed E-state index contributed by atoms with van der Waals surface area (Å²) < 4.78 is 19.8. The van der Waals surface area contributed by atoms with E-state index in [-0.39, 0.29) is 10.6 Å². The van der Waals surface area contributed by atoms with Crippen molar-refractivity contribution in [2.45, 2.75) is 18.9 Å². The van der Waals surface area contributed by atoms with Crippen molar-refractivity contribution in [3.05, 3.63) is 28.0 Å².